The summed E-state index contributed by atoms with van der Waals surface area (Å²) in [7, 11) is -3.04. The van der Waals surface area contributed by atoms with Crippen molar-refractivity contribution in [3.8, 4) is 5.69 Å². The molecule has 1 amide bonds. The zero-order chi connectivity index (χ0) is 21.4. The van der Waals surface area contributed by atoms with Crippen molar-refractivity contribution in [3.05, 3.63) is 36.2 Å². The van der Waals surface area contributed by atoms with Crippen molar-refractivity contribution >= 4 is 27.5 Å². The maximum atomic E-state index is 13.4. The average molecular weight is 461 g/mol. The van der Waals surface area contributed by atoms with Gasteiger partial charge in [-0.25, -0.2) is 8.42 Å². The van der Waals surface area contributed by atoms with E-state index < -0.39 is 9.84 Å². The number of hydrogen-bond acceptors (Lipinski definition) is 6. The number of para-hydroxylation sites is 1. The van der Waals surface area contributed by atoms with Crippen LogP contribution in [0.1, 0.15) is 56.7 Å². The molecule has 1 aliphatic heterocycles. The predicted octanol–water partition coefficient (Wildman–Crippen LogP) is 3.20. The molecule has 1 saturated heterocycles. The SMILES string of the molecule is O=C(CSc1nnc(C2CC2)n1-c1ccccc1)N(C1CCCC1)[C@@H]1CCS(=O)(=O)C1. The molecule has 1 aromatic carbocycles. The summed E-state index contributed by atoms with van der Waals surface area (Å²) < 4.78 is 26.2. The van der Waals surface area contributed by atoms with E-state index in [1.807, 2.05) is 35.2 Å². The maximum absolute atomic E-state index is 13.4. The van der Waals surface area contributed by atoms with E-state index in [0.29, 0.717) is 12.3 Å². The van der Waals surface area contributed by atoms with E-state index in [0.717, 1.165) is 55.2 Å². The van der Waals surface area contributed by atoms with Crippen LogP contribution >= 0.6 is 11.8 Å². The molecular formula is C22H28N4O3S2. The van der Waals surface area contributed by atoms with Gasteiger partial charge in [0.05, 0.1) is 17.3 Å². The zero-order valence-corrected chi connectivity index (χ0v) is 19.2. The van der Waals surface area contributed by atoms with Crippen LogP contribution in [0.15, 0.2) is 35.5 Å². The quantitative estimate of drug-likeness (QED) is 0.590. The Balaban J connectivity index is 1.35. The van der Waals surface area contributed by atoms with Gasteiger partial charge in [-0.3, -0.25) is 9.36 Å². The highest BCUT2D eigenvalue weighted by Gasteiger charge is 2.39. The van der Waals surface area contributed by atoms with Crippen molar-refractivity contribution in [2.75, 3.05) is 17.3 Å². The summed E-state index contributed by atoms with van der Waals surface area (Å²) in [5.74, 6) is 1.98. The molecule has 3 aliphatic rings. The fourth-order valence-electron chi connectivity index (χ4n) is 4.88. The number of thioether (sulfide) groups is 1. The fourth-order valence-corrected chi connectivity index (χ4v) is 7.42. The van der Waals surface area contributed by atoms with Gasteiger partial charge in [0, 0.05) is 23.7 Å². The van der Waals surface area contributed by atoms with Gasteiger partial charge in [-0.2, -0.15) is 0 Å². The molecule has 2 aliphatic carbocycles. The second-order valence-electron chi connectivity index (χ2n) is 8.87. The molecule has 0 N–H and O–H groups in total. The molecule has 2 saturated carbocycles. The molecule has 2 aromatic rings. The lowest BCUT2D eigenvalue weighted by molar-refractivity contribution is -0.132. The van der Waals surface area contributed by atoms with Crippen LogP contribution in [0, 0.1) is 0 Å². The highest BCUT2D eigenvalue weighted by atomic mass is 32.2. The summed E-state index contributed by atoms with van der Waals surface area (Å²) in [6.07, 6.45) is 6.96. The first-order chi connectivity index (χ1) is 15.0. The Hall–Kier alpha value is -1.87. The van der Waals surface area contributed by atoms with E-state index in [4.69, 9.17) is 0 Å². The molecule has 0 bridgehead atoms. The van der Waals surface area contributed by atoms with E-state index in [1.165, 1.54) is 11.8 Å². The number of aromatic nitrogens is 3. The van der Waals surface area contributed by atoms with Gasteiger partial charge in [0.15, 0.2) is 15.0 Å². The van der Waals surface area contributed by atoms with Crippen LogP contribution in [0.2, 0.25) is 0 Å². The highest BCUT2D eigenvalue weighted by molar-refractivity contribution is 7.99. The summed E-state index contributed by atoms with van der Waals surface area (Å²) in [6, 6.07) is 10.0. The molecule has 31 heavy (non-hydrogen) atoms. The van der Waals surface area contributed by atoms with Gasteiger partial charge in [0.2, 0.25) is 5.91 Å². The molecule has 9 heteroatoms. The third-order valence-electron chi connectivity index (χ3n) is 6.55. The first-order valence-electron chi connectivity index (χ1n) is 11.2. The van der Waals surface area contributed by atoms with Gasteiger partial charge in [0.25, 0.3) is 0 Å². The maximum Gasteiger partial charge on any atom is 0.233 e. The lowest BCUT2D eigenvalue weighted by Gasteiger charge is -2.34. The monoisotopic (exact) mass is 460 g/mol. The summed E-state index contributed by atoms with van der Waals surface area (Å²) >= 11 is 1.41. The van der Waals surface area contributed by atoms with Crippen molar-refractivity contribution < 1.29 is 13.2 Å². The number of nitrogens with zero attached hydrogens (tertiary/aromatic N) is 4. The Morgan fingerprint density at radius 3 is 2.42 bits per heavy atom. The number of hydrogen-bond donors (Lipinski definition) is 0. The highest BCUT2D eigenvalue weighted by Crippen LogP contribution is 2.41. The topological polar surface area (TPSA) is 85.2 Å². The fraction of sp³-hybridized carbons (Fsp3) is 0.591. The molecule has 1 atom stereocenters. The van der Waals surface area contributed by atoms with E-state index in [2.05, 4.69) is 14.8 Å². The molecule has 1 aromatic heterocycles. The summed E-state index contributed by atoms with van der Waals surface area (Å²) in [5.41, 5.74) is 1.01. The summed E-state index contributed by atoms with van der Waals surface area (Å²) in [4.78, 5) is 15.3. The number of amides is 1. The summed E-state index contributed by atoms with van der Waals surface area (Å²) in [5, 5.41) is 9.58. The summed E-state index contributed by atoms with van der Waals surface area (Å²) in [6.45, 7) is 0. The standard InChI is InChI=1S/C22H28N4O3S2/c27-20(25(17-8-4-5-9-17)19-12-13-31(28,29)15-19)14-30-22-24-23-21(16-10-11-16)26(22)18-6-2-1-3-7-18/h1-3,6-7,16-17,19H,4-5,8-15H2/t19-/m1/s1. The number of benzene rings is 1. The van der Waals surface area contributed by atoms with Crippen molar-refractivity contribution in [1.82, 2.24) is 19.7 Å². The Bertz CT molecular complexity index is 1040. The van der Waals surface area contributed by atoms with Crippen LogP contribution in [0.3, 0.4) is 0 Å². The van der Waals surface area contributed by atoms with Gasteiger partial charge < -0.3 is 4.90 Å². The molecular weight excluding hydrogens is 432 g/mol. The minimum atomic E-state index is -3.04. The van der Waals surface area contributed by atoms with E-state index in [-0.39, 0.29) is 35.2 Å². The first-order valence-corrected chi connectivity index (χ1v) is 14.0. The van der Waals surface area contributed by atoms with E-state index in [9.17, 15) is 13.2 Å². The van der Waals surface area contributed by atoms with Crippen molar-refractivity contribution in [2.45, 2.75) is 68.1 Å². The lowest BCUT2D eigenvalue weighted by atomic mass is 10.1. The Morgan fingerprint density at radius 2 is 1.77 bits per heavy atom. The predicted molar refractivity (Wildman–Crippen MR) is 120 cm³/mol. The minimum absolute atomic E-state index is 0.0228. The van der Waals surface area contributed by atoms with Crippen LogP contribution in [0.25, 0.3) is 5.69 Å². The van der Waals surface area contributed by atoms with Gasteiger partial charge in [0.1, 0.15) is 5.82 Å². The zero-order valence-electron chi connectivity index (χ0n) is 17.5. The largest absolute Gasteiger partial charge is 0.335 e. The van der Waals surface area contributed by atoms with E-state index >= 15 is 0 Å². The molecule has 7 nitrogen and oxygen atoms in total. The smallest absolute Gasteiger partial charge is 0.233 e. The van der Waals surface area contributed by atoms with Crippen LogP contribution in [0.4, 0.5) is 0 Å². The number of carbonyl (C=O) groups excluding carboxylic acids is 1. The minimum Gasteiger partial charge on any atom is -0.335 e. The molecule has 0 radical (unpaired) electrons. The van der Waals surface area contributed by atoms with Crippen LogP contribution in [-0.4, -0.2) is 63.3 Å². The number of rotatable bonds is 7. The Labute approximate surface area is 187 Å². The van der Waals surface area contributed by atoms with Crippen molar-refractivity contribution in [1.29, 1.82) is 0 Å². The first kappa shape index (κ1) is 21.0. The third kappa shape index (κ3) is 4.53. The van der Waals surface area contributed by atoms with E-state index in [1.54, 1.807) is 0 Å². The second-order valence-corrected chi connectivity index (χ2v) is 12.0. The number of sulfone groups is 1. The molecule has 0 spiro atoms. The molecule has 166 valence electrons. The third-order valence-corrected chi connectivity index (χ3v) is 9.21. The van der Waals surface area contributed by atoms with Gasteiger partial charge in [-0.05, 0) is 44.2 Å². The molecule has 5 rings (SSSR count). The normalized spacial score (nSPS) is 23.3. The van der Waals surface area contributed by atoms with Crippen LogP contribution < -0.4 is 0 Å². The Kier molecular flexibility index (Phi) is 5.81. The lowest BCUT2D eigenvalue weighted by Crippen LogP contribution is -2.47. The van der Waals surface area contributed by atoms with Crippen molar-refractivity contribution in [3.63, 3.8) is 0 Å². The second kappa shape index (κ2) is 8.58. The van der Waals surface area contributed by atoms with Gasteiger partial charge in [-0.1, -0.05) is 42.8 Å². The Morgan fingerprint density at radius 1 is 1.03 bits per heavy atom. The molecule has 3 fully saturated rings. The van der Waals surface area contributed by atoms with Crippen LogP contribution in [-0.2, 0) is 14.6 Å². The molecule has 0 unspecified atom stereocenters. The van der Waals surface area contributed by atoms with Crippen LogP contribution in [0.5, 0.6) is 0 Å². The van der Waals surface area contributed by atoms with Gasteiger partial charge >= 0.3 is 0 Å². The van der Waals surface area contributed by atoms with Crippen molar-refractivity contribution in [2.24, 2.45) is 0 Å². The average Bonchev–Trinajstić information content (AvgIpc) is 3.14. The molecule has 2 heterocycles. The number of carbonyl (C=O) groups is 1. The van der Waals surface area contributed by atoms with Gasteiger partial charge in [-0.15, -0.1) is 10.2 Å².